The number of carbonyl (C=O) groups excluding carboxylic acids is 3. The Morgan fingerprint density at radius 2 is 2.05 bits per heavy atom. The van der Waals surface area contributed by atoms with Crippen molar-refractivity contribution in [3.05, 3.63) is 51.9 Å². The Bertz CT molecular complexity index is 795. The van der Waals surface area contributed by atoms with Gasteiger partial charge in [0, 0.05) is 4.47 Å². The van der Waals surface area contributed by atoms with E-state index in [0.717, 1.165) is 4.47 Å². The number of Topliss-reactive ketones (excluding diaryl/α,β-unsaturated/α-hetero) is 1. The van der Waals surface area contributed by atoms with Crippen LogP contribution in [0, 0.1) is 0 Å². The lowest BCUT2D eigenvalue weighted by Crippen LogP contribution is -2.28. The summed E-state index contributed by atoms with van der Waals surface area (Å²) in [4.78, 5) is 36.8. The Morgan fingerprint density at radius 3 is 2.77 bits per heavy atom. The third-order valence-electron chi connectivity index (χ3n) is 3.30. The van der Waals surface area contributed by atoms with Gasteiger partial charge < -0.3 is 9.15 Å². The highest BCUT2D eigenvalue weighted by Gasteiger charge is 2.36. The zero-order chi connectivity index (χ0) is 15.9. The highest BCUT2D eigenvalue weighted by Crippen LogP contribution is 2.32. The molecule has 1 aliphatic heterocycles. The second-order valence-corrected chi connectivity index (χ2v) is 5.56. The molecule has 0 bridgehead atoms. The third-order valence-corrected chi connectivity index (χ3v) is 3.79. The molecule has 2 aromatic rings. The Hall–Kier alpha value is -2.41. The van der Waals surface area contributed by atoms with Crippen LogP contribution < -0.4 is 4.90 Å². The first-order valence-electron chi connectivity index (χ1n) is 6.34. The van der Waals surface area contributed by atoms with Gasteiger partial charge in [-0.05, 0) is 30.3 Å². The van der Waals surface area contributed by atoms with Crippen molar-refractivity contribution in [3.63, 3.8) is 0 Å². The van der Waals surface area contributed by atoms with E-state index in [1.807, 2.05) is 0 Å². The number of amides is 1. The van der Waals surface area contributed by atoms with Gasteiger partial charge >= 0.3 is 5.97 Å². The fourth-order valence-corrected chi connectivity index (χ4v) is 2.62. The van der Waals surface area contributed by atoms with Gasteiger partial charge in [-0.1, -0.05) is 15.9 Å². The van der Waals surface area contributed by atoms with Crippen LogP contribution in [0.15, 0.2) is 39.2 Å². The first kappa shape index (κ1) is 14.5. The number of fused-ring (bicyclic) bond motifs is 1. The molecule has 2 heterocycles. The van der Waals surface area contributed by atoms with Gasteiger partial charge in [0.15, 0.2) is 0 Å². The van der Waals surface area contributed by atoms with Crippen LogP contribution >= 0.6 is 15.9 Å². The van der Waals surface area contributed by atoms with E-state index in [0.29, 0.717) is 17.0 Å². The van der Waals surface area contributed by atoms with Gasteiger partial charge in [0.1, 0.15) is 5.76 Å². The number of hydrogen-bond donors (Lipinski definition) is 0. The third kappa shape index (κ3) is 2.33. The number of furan rings is 1. The largest absolute Gasteiger partial charge is 0.463 e. The lowest BCUT2D eigenvalue weighted by Gasteiger charge is -2.14. The standard InChI is InChI=1S/C15H10BrNO5/c1-21-15(20)12-5-3-9(22-12)7-17-11-4-2-8(16)6-10(11)13(18)14(17)19/h2-6H,7H2,1H3. The normalized spacial score (nSPS) is 13.5. The molecule has 1 aromatic heterocycles. The Kier molecular flexibility index (Phi) is 3.58. The summed E-state index contributed by atoms with van der Waals surface area (Å²) in [5.74, 6) is -1.34. The second kappa shape index (κ2) is 5.42. The van der Waals surface area contributed by atoms with Crippen LogP contribution in [0.5, 0.6) is 0 Å². The maximum Gasteiger partial charge on any atom is 0.373 e. The van der Waals surface area contributed by atoms with E-state index in [1.54, 1.807) is 24.3 Å². The summed E-state index contributed by atoms with van der Waals surface area (Å²) in [6, 6.07) is 8.08. The second-order valence-electron chi connectivity index (χ2n) is 4.64. The number of anilines is 1. The molecule has 0 saturated carbocycles. The van der Waals surface area contributed by atoms with Crippen molar-refractivity contribution >= 4 is 39.3 Å². The van der Waals surface area contributed by atoms with Gasteiger partial charge in [-0.2, -0.15) is 0 Å². The molecular formula is C15H10BrNO5. The molecule has 22 heavy (non-hydrogen) atoms. The number of carbonyl (C=O) groups is 3. The van der Waals surface area contributed by atoms with E-state index in [9.17, 15) is 14.4 Å². The predicted octanol–water partition coefficient (Wildman–Crippen LogP) is 2.56. The summed E-state index contributed by atoms with van der Waals surface area (Å²) >= 11 is 3.27. The fourth-order valence-electron chi connectivity index (χ4n) is 2.26. The van der Waals surface area contributed by atoms with Crippen molar-refractivity contribution in [2.75, 3.05) is 12.0 Å². The number of hydrogen-bond acceptors (Lipinski definition) is 5. The van der Waals surface area contributed by atoms with E-state index < -0.39 is 17.7 Å². The van der Waals surface area contributed by atoms with Gasteiger partial charge in [-0.15, -0.1) is 0 Å². The summed E-state index contributed by atoms with van der Waals surface area (Å²) < 4.78 is 10.6. The molecule has 1 amide bonds. The Labute approximate surface area is 133 Å². The van der Waals surface area contributed by atoms with Gasteiger partial charge in [-0.25, -0.2) is 4.79 Å². The van der Waals surface area contributed by atoms with Crippen LogP contribution in [0.1, 0.15) is 26.7 Å². The van der Waals surface area contributed by atoms with Crippen LogP contribution in [0.2, 0.25) is 0 Å². The molecule has 1 aromatic carbocycles. The van der Waals surface area contributed by atoms with E-state index in [2.05, 4.69) is 20.7 Å². The minimum absolute atomic E-state index is 0.0477. The van der Waals surface area contributed by atoms with Gasteiger partial charge in [0.25, 0.3) is 11.7 Å². The van der Waals surface area contributed by atoms with Crippen LogP contribution in [0.4, 0.5) is 5.69 Å². The summed E-state index contributed by atoms with van der Waals surface area (Å²) in [5, 5.41) is 0. The average molecular weight is 364 g/mol. The minimum Gasteiger partial charge on any atom is -0.463 e. The van der Waals surface area contributed by atoms with Crippen molar-refractivity contribution < 1.29 is 23.5 Å². The van der Waals surface area contributed by atoms with Crippen molar-refractivity contribution in [2.24, 2.45) is 0 Å². The summed E-state index contributed by atoms with van der Waals surface area (Å²) in [7, 11) is 1.25. The average Bonchev–Trinajstić information content (AvgIpc) is 3.06. The maximum atomic E-state index is 12.1. The number of ether oxygens (including phenoxy) is 1. The molecule has 3 rings (SSSR count). The highest BCUT2D eigenvalue weighted by molar-refractivity contribution is 9.10. The molecule has 0 radical (unpaired) electrons. The van der Waals surface area contributed by atoms with E-state index in [4.69, 9.17) is 4.42 Å². The van der Waals surface area contributed by atoms with Gasteiger partial charge in [-0.3, -0.25) is 14.5 Å². The Morgan fingerprint density at radius 1 is 1.27 bits per heavy atom. The fraction of sp³-hybridized carbons (Fsp3) is 0.133. The minimum atomic E-state index is -0.621. The lowest BCUT2D eigenvalue weighted by molar-refractivity contribution is -0.114. The zero-order valence-corrected chi connectivity index (χ0v) is 13.0. The number of rotatable bonds is 3. The Balaban J connectivity index is 1.90. The molecule has 0 aliphatic carbocycles. The quantitative estimate of drug-likeness (QED) is 0.618. The predicted molar refractivity (Wildman–Crippen MR) is 79.7 cm³/mol. The number of methoxy groups -OCH3 is 1. The van der Waals surface area contributed by atoms with Gasteiger partial charge in [0.2, 0.25) is 5.76 Å². The van der Waals surface area contributed by atoms with Crippen LogP contribution in [0.3, 0.4) is 0 Å². The molecule has 1 aliphatic rings. The topological polar surface area (TPSA) is 76.8 Å². The molecule has 0 fully saturated rings. The maximum absolute atomic E-state index is 12.1. The van der Waals surface area contributed by atoms with Crippen molar-refractivity contribution in [2.45, 2.75) is 6.54 Å². The number of benzene rings is 1. The molecule has 0 saturated heterocycles. The molecule has 0 spiro atoms. The van der Waals surface area contributed by atoms with Crippen LogP contribution in [-0.2, 0) is 16.1 Å². The first-order valence-corrected chi connectivity index (χ1v) is 7.13. The highest BCUT2D eigenvalue weighted by atomic mass is 79.9. The van der Waals surface area contributed by atoms with Crippen molar-refractivity contribution in [1.82, 2.24) is 0 Å². The summed E-state index contributed by atoms with van der Waals surface area (Å²) in [6.45, 7) is 0.0657. The SMILES string of the molecule is COC(=O)c1ccc(CN2C(=O)C(=O)c3cc(Br)ccc32)o1. The number of esters is 1. The van der Waals surface area contributed by atoms with Crippen molar-refractivity contribution in [3.8, 4) is 0 Å². The lowest BCUT2D eigenvalue weighted by atomic mass is 10.1. The zero-order valence-electron chi connectivity index (χ0n) is 11.5. The summed E-state index contributed by atoms with van der Waals surface area (Å²) in [5.41, 5.74) is 0.869. The molecule has 7 heteroatoms. The number of halogens is 1. The monoisotopic (exact) mass is 363 g/mol. The summed E-state index contributed by atoms with van der Waals surface area (Å²) in [6.07, 6.45) is 0. The van der Waals surface area contributed by atoms with Crippen molar-refractivity contribution in [1.29, 1.82) is 0 Å². The molecule has 6 nitrogen and oxygen atoms in total. The molecular weight excluding hydrogens is 354 g/mol. The smallest absolute Gasteiger partial charge is 0.373 e. The molecule has 0 N–H and O–H groups in total. The van der Waals surface area contributed by atoms with Gasteiger partial charge in [0.05, 0.1) is 24.9 Å². The van der Waals surface area contributed by atoms with Crippen LogP contribution in [-0.4, -0.2) is 24.8 Å². The van der Waals surface area contributed by atoms with E-state index >= 15 is 0 Å². The van der Waals surface area contributed by atoms with E-state index in [-0.39, 0.29) is 12.3 Å². The molecule has 112 valence electrons. The molecule has 0 unspecified atom stereocenters. The van der Waals surface area contributed by atoms with E-state index in [1.165, 1.54) is 18.1 Å². The number of ketones is 1. The molecule has 0 atom stereocenters. The van der Waals surface area contributed by atoms with Crippen LogP contribution in [0.25, 0.3) is 0 Å². The number of nitrogens with zero attached hydrogens (tertiary/aromatic N) is 1. The first-order chi connectivity index (χ1) is 10.5.